The van der Waals surface area contributed by atoms with Crippen LogP contribution >= 0.6 is 0 Å². The van der Waals surface area contributed by atoms with Gasteiger partial charge < -0.3 is 30.2 Å². The number of aryl methyl sites for hydroxylation is 1. The zero-order valence-electron chi connectivity index (χ0n) is 18.4. The molecule has 0 radical (unpaired) electrons. The van der Waals surface area contributed by atoms with E-state index in [0.29, 0.717) is 30.9 Å². The van der Waals surface area contributed by atoms with Gasteiger partial charge in [0.1, 0.15) is 11.3 Å². The van der Waals surface area contributed by atoms with E-state index in [1.54, 1.807) is 44.6 Å². The number of rotatable bonds is 10. The van der Waals surface area contributed by atoms with Crippen LogP contribution in [0.15, 0.2) is 12.3 Å². The van der Waals surface area contributed by atoms with Gasteiger partial charge in [0, 0.05) is 32.8 Å². The van der Waals surface area contributed by atoms with E-state index in [-0.39, 0.29) is 18.2 Å². The van der Waals surface area contributed by atoms with Gasteiger partial charge in [-0.15, -0.1) is 0 Å². The van der Waals surface area contributed by atoms with Crippen molar-refractivity contribution < 1.29 is 19.1 Å². The molecular formula is C20H35N5O4. The second-order valence-corrected chi connectivity index (χ2v) is 8.22. The van der Waals surface area contributed by atoms with Gasteiger partial charge in [0.05, 0.1) is 5.69 Å². The van der Waals surface area contributed by atoms with Crippen molar-refractivity contribution in [2.45, 2.75) is 45.6 Å². The van der Waals surface area contributed by atoms with Crippen LogP contribution in [0.5, 0.6) is 0 Å². The molecule has 0 saturated heterocycles. The smallest absolute Gasteiger partial charge is 0.407 e. The highest BCUT2D eigenvalue weighted by molar-refractivity contribution is 5.96. The minimum absolute atomic E-state index is 0.173. The monoisotopic (exact) mass is 409 g/mol. The normalized spacial score (nSPS) is 11.3. The Bertz CT molecular complexity index is 692. The highest BCUT2D eigenvalue weighted by Crippen LogP contribution is 2.13. The van der Waals surface area contributed by atoms with Crippen molar-refractivity contribution in [3.8, 4) is 0 Å². The van der Waals surface area contributed by atoms with Crippen molar-refractivity contribution in [2.75, 3.05) is 39.0 Å². The summed E-state index contributed by atoms with van der Waals surface area (Å²) in [6, 6.07) is 1.65. The Kier molecular flexibility index (Phi) is 9.67. The van der Waals surface area contributed by atoms with E-state index < -0.39 is 11.7 Å². The molecule has 164 valence electrons. The quantitative estimate of drug-likeness (QED) is 0.512. The fraction of sp³-hybridized carbons (Fsp3) is 0.650. The van der Waals surface area contributed by atoms with Gasteiger partial charge in [0.25, 0.3) is 5.91 Å². The van der Waals surface area contributed by atoms with Crippen LogP contribution in [-0.4, -0.2) is 66.7 Å². The molecule has 0 aromatic carbocycles. The predicted octanol–water partition coefficient (Wildman–Crippen LogP) is 1.95. The summed E-state index contributed by atoms with van der Waals surface area (Å²) in [5, 5.41) is 8.27. The van der Waals surface area contributed by atoms with E-state index in [4.69, 9.17) is 4.74 Å². The molecule has 3 N–H and O–H groups in total. The zero-order valence-corrected chi connectivity index (χ0v) is 18.4. The average molecular weight is 410 g/mol. The molecule has 0 fully saturated rings. The number of hydrogen-bond acceptors (Lipinski definition) is 5. The molecule has 0 unspecified atom stereocenters. The fourth-order valence-electron chi connectivity index (χ4n) is 2.52. The number of alkyl carbamates (subject to hydrolysis) is 1. The molecule has 1 aromatic heterocycles. The Balaban J connectivity index is 2.36. The van der Waals surface area contributed by atoms with E-state index >= 15 is 0 Å². The molecule has 9 nitrogen and oxygen atoms in total. The van der Waals surface area contributed by atoms with E-state index in [2.05, 4.69) is 20.9 Å². The summed E-state index contributed by atoms with van der Waals surface area (Å²) in [4.78, 5) is 38.0. The van der Waals surface area contributed by atoms with E-state index in [9.17, 15) is 14.4 Å². The molecule has 0 saturated carbocycles. The first-order valence-electron chi connectivity index (χ1n) is 9.84. The number of carbonyl (C=O) groups is 3. The lowest BCUT2D eigenvalue weighted by Crippen LogP contribution is -2.33. The van der Waals surface area contributed by atoms with E-state index in [0.717, 1.165) is 13.0 Å². The summed E-state index contributed by atoms with van der Waals surface area (Å²) < 4.78 is 6.81. The number of ether oxygens (including phenoxy) is 1. The largest absolute Gasteiger partial charge is 0.444 e. The predicted molar refractivity (Wildman–Crippen MR) is 113 cm³/mol. The first kappa shape index (κ1) is 24.5. The van der Waals surface area contributed by atoms with Gasteiger partial charge >= 0.3 is 6.09 Å². The number of nitrogens with one attached hydrogen (secondary N) is 3. The van der Waals surface area contributed by atoms with Crippen molar-refractivity contribution in [2.24, 2.45) is 7.05 Å². The second-order valence-electron chi connectivity index (χ2n) is 8.22. The molecule has 0 aliphatic heterocycles. The van der Waals surface area contributed by atoms with Crippen molar-refractivity contribution in [1.82, 2.24) is 20.1 Å². The molecule has 0 aliphatic rings. The van der Waals surface area contributed by atoms with Crippen LogP contribution in [0.3, 0.4) is 0 Å². The van der Waals surface area contributed by atoms with Crippen LogP contribution in [0.2, 0.25) is 0 Å². The number of carbonyl (C=O) groups excluding carboxylic acids is 3. The lowest BCUT2D eigenvalue weighted by atomic mass is 10.2. The number of aromatic nitrogens is 1. The maximum absolute atomic E-state index is 12.3. The lowest BCUT2D eigenvalue weighted by Gasteiger charge is -2.19. The van der Waals surface area contributed by atoms with Gasteiger partial charge in [-0.1, -0.05) is 0 Å². The molecule has 1 aromatic rings. The van der Waals surface area contributed by atoms with Crippen LogP contribution in [0.1, 0.15) is 50.5 Å². The molecule has 29 heavy (non-hydrogen) atoms. The maximum atomic E-state index is 12.3. The Morgan fingerprint density at radius 3 is 2.38 bits per heavy atom. The Morgan fingerprint density at radius 1 is 1.10 bits per heavy atom. The second kappa shape index (κ2) is 11.5. The molecule has 0 spiro atoms. The van der Waals surface area contributed by atoms with Crippen LogP contribution in [0.25, 0.3) is 0 Å². The number of nitrogens with zero attached hydrogens (tertiary/aromatic N) is 2. The first-order valence-corrected chi connectivity index (χ1v) is 9.84. The minimum atomic E-state index is -0.550. The third kappa shape index (κ3) is 10.5. The Labute approximate surface area is 173 Å². The summed E-state index contributed by atoms with van der Waals surface area (Å²) in [7, 11) is 5.73. The third-order valence-corrected chi connectivity index (χ3v) is 3.84. The van der Waals surface area contributed by atoms with Gasteiger partial charge in [-0.25, -0.2) is 4.79 Å². The number of hydrogen-bond donors (Lipinski definition) is 3. The van der Waals surface area contributed by atoms with E-state index in [1.807, 2.05) is 14.1 Å². The van der Waals surface area contributed by atoms with Crippen molar-refractivity contribution in [3.63, 3.8) is 0 Å². The lowest BCUT2D eigenvalue weighted by molar-refractivity contribution is -0.116. The van der Waals surface area contributed by atoms with Gasteiger partial charge in [0.2, 0.25) is 5.91 Å². The molecule has 9 heteroatoms. The first-order chi connectivity index (χ1) is 13.5. The van der Waals surface area contributed by atoms with Crippen molar-refractivity contribution in [3.05, 3.63) is 18.0 Å². The van der Waals surface area contributed by atoms with Crippen LogP contribution < -0.4 is 16.0 Å². The summed E-state index contributed by atoms with van der Waals surface area (Å²) in [5.74, 6) is -0.354. The van der Waals surface area contributed by atoms with Crippen LogP contribution in [-0.2, 0) is 16.6 Å². The van der Waals surface area contributed by atoms with Gasteiger partial charge in [-0.05, 0) is 60.3 Å². The minimum Gasteiger partial charge on any atom is -0.444 e. The standard InChI is InChI=1S/C20H35N5O4/c1-20(2,3)29-19(28)22-10-7-9-17(26)23-15-13-16(25(6)14-15)18(27)21-11-8-12-24(4)5/h13-14H,7-12H2,1-6H3,(H,21,27)(H,22,28)(H,23,26). The molecule has 0 bridgehead atoms. The Morgan fingerprint density at radius 2 is 1.76 bits per heavy atom. The van der Waals surface area contributed by atoms with Crippen LogP contribution in [0, 0.1) is 0 Å². The fourth-order valence-corrected chi connectivity index (χ4v) is 2.52. The zero-order chi connectivity index (χ0) is 22.0. The number of amides is 3. The SMILES string of the molecule is CN(C)CCCNC(=O)c1cc(NC(=O)CCCNC(=O)OC(C)(C)C)cn1C. The topological polar surface area (TPSA) is 105 Å². The van der Waals surface area contributed by atoms with Crippen LogP contribution in [0.4, 0.5) is 10.5 Å². The van der Waals surface area contributed by atoms with E-state index in [1.165, 1.54) is 0 Å². The summed E-state index contributed by atoms with van der Waals surface area (Å²) >= 11 is 0. The average Bonchev–Trinajstić information content (AvgIpc) is 2.94. The summed E-state index contributed by atoms with van der Waals surface area (Å²) in [5.41, 5.74) is 0.498. The molecule has 3 amide bonds. The molecule has 0 aliphatic carbocycles. The van der Waals surface area contributed by atoms with Gasteiger partial charge in [0.15, 0.2) is 0 Å². The molecule has 0 atom stereocenters. The maximum Gasteiger partial charge on any atom is 0.407 e. The summed E-state index contributed by atoms with van der Waals surface area (Å²) in [6.45, 7) is 7.21. The van der Waals surface area contributed by atoms with Gasteiger partial charge in [-0.2, -0.15) is 0 Å². The highest BCUT2D eigenvalue weighted by atomic mass is 16.6. The Hall–Kier alpha value is -2.55. The highest BCUT2D eigenvalue weighted by Gasteiger charge is 2.16. The van der Waals surface area contributed by atoms with Gasteiger partial charge in [-0.3, -0.25) is 9.59 Å². The number of anilines is 1. The molecular weight excluding hydrogens is 374 g/mol. The van der Waals surface area contributed by atoms with Crippen molar-refractivity contribution in [1.29, 1.82) is 0 Å². The summed E-state index contributed by atoms with van der Waals surface area (Å²) in [6.07, 6.45) is 2.80. The molecule has 1 rings (SSSR count). The third-order valence-electron chi connectivity index (χ3n) is 3.84. The van der Waals surface area contributed by atoms with Crippen molar-refractivity contribution >= 4 is 23.6 Å². The molecule has 1 heterocycles.